The molecule has 0 unspecified atom stereocenters. The van der Waals surface area contributed by atoms with E-state index in [0.29, 0.717) is 28.4 Å². The number of halogens is 1. The molecule has 0 saturated heterocycles. The zero-order chi connectivity index (χ0) is 27.6. The third kappa shape index (κ3) is 5.46. The molecule has 0 radical (unpaired) electrons. The number of nitriles is 1. The number of aliphatic hydroxyl groups is 1. The summed E-state index contributed by atoms with van der Waals surface area (Å²) in [6.07, 6.45) is 6.53. The maximum absolute atomic E-state index is 14.3. The summed E-state index contributed by atoms with van der Waals surface area (Å²) in [6.45, 7) is 2.32. The predicted octanol–water partition coefficient (Wildman–Crippen LogP) is 4.06. The van der Waals surface area contributed by atoms with E-state index in [1.165, 1.54) is 26.2 Å². The number of pyridine rings is 2. The van der Waals surface area contributed by atoms with Gasteiger partial charge in [-0.3, -0.25) is 9.36 Å². The highest BCUT2D eigenvalue weighted by molar-refractivity contribution is 6.00. The lowest BCUT2D eigenvalue weighted by Crippen LogP contribution is -2.42. The lowest BCUT2D eigenvalue weighted by atomic mass is 10.0. The van der Waals surface area contributed by atoms with Crippen molar-refractivity contribution in [3.63, 3.8) is 0 Å². The summed E-state index contributed by atoms with van der Waals surface area (Å²) in [5.41, 5.74) is 1.62. The molecule has 4 heterocycles. The molecule has 5 aromatic rings. The summed E-state index contributed by atoms with van der Waals surface area (Å²) in [5, 5.41) is 29.9. The fourth-order valence-corrected chi connectivity index (χ4v) is 3.93. The summed E-state index contributed by atoms with van der Waals surface area (Å²) in [4.78, 5) is 21.9. The summed E-state index contributed by atoms with van der Waals surface area (Å²) >= 11 is 0. The van der Waals surface area contributed by atoms with Crippen LogP contribution < -0.4 is 10.6 Å². The Hall–Kier alpha value is -5.08. The van der Waals surface area contributed by atoms with Crippen LogP contribution in [0.1, 0.15) is 29.8 Å². The van der Waals surface area contributed by atoms with Crippen LogP contribution in [0.3, 0.4) is 0 Å². The Morgan fingerprint density at radius 2 is 1.95 bits per heavy atom. The molecule has 39 heavy (non-hydrogen) atoms. The van der Waals surface area contributed by atoms with Gasteiger partial charge in [0.15, 0.2) is 0 Å². The molecule has 0 aliphatic carbocycles. The number of carbonyl (C=O) groups is 1. The molecule has 196 valence electrons. The highest BCUT2D eigenvalue weighted by atomic mass is 19.1. The molecule has 4 aromatic heterocycles. The molecule has 0 aliphatic rings. The van der Waals surface area contributed by atoms with Crippen LogP contribution in [0.2, 0.25) is 0 Å². The average Bonchev–Trinajstić information content (AvgIpc) is 3.61. The lowest BCUT2D eigenvalue weighted by molar-refractivity contribution is -0.00177. The Morgan fingerprint density at radius 3 is 2.64 bits per heavy atom. The van der Waals surface area contributed by atoms with E-state index in [1.54, 1.807) is 33.8 Å². The summed E-state index contributed by atoms with van der Waals surface area (Å²) < 4.78 is 17.8. The largest absolute Gasteiger partial charge is 0.387 e. The van der Waals surface area contributed by atoms with Gasteiger partial charge in [0.1, 0.15) is 23.7 Å². The summed E-state index contributed by atoms with van der Waals surface area (Å²) in [5.74, 6) is -0.0694. The molecule has 0 aliphatic heterocycles. The van der Waals surface area contributed by atoms with Crippen molar-refractivity contribution < 1.29 is 14.3 Å². The molecule has 5 rings (SSSR count). The average molecular weight is 525 g/mol. The van der Waals surface area contributed by atoms with Crippen molar-refractivity contribution in [1.29, 1.82) is 5.26 Å². The van der Waals surface area contributed by atoms with Crippen molar-refractivity contribution in [2.45, 2.75) is 25.6 Å². The topological polar surface area (TPSA) is 134 Å². The Balaban J connectivity index is 1.49. The second-order valence-corrected chi connectivity index (χ2v) is 9.48. The number of benzene rings is 1. The molecule has 10 nitrogen and oxygen atoms in total. The van der Waals surface area contributed by atoms with Crippen LogP contribution in [-0.2, 0) is 0 Å². The second kappa shape index (κ2) is 10.4. The minimum atomic E-state index is -1.66. The van der Waals surface area contributed by atoms with Crippen LogP contribution in [0.5, 0.6) is 0 Å². The first kappa shape index (κ1) is 25.6. The van der Waals surface area contributed by atoms with Gasteiger partial charge in [-0.25, -0.2) is 19.0 Å². The number of nitrogens with zero attached hydrogens (tertiary/aromatic N) is 6. The van der Waals surface area contributed by atoms with Crippen LogP contribution in [0.15, 0.2) is 79.5 Å². The SMILES string of the molecule is CC(C)(O)[C@H](F)CNC(=O)c1cnc(-n2ccc3cc(C#N)cnc32)cc1Nc1ccc(-n2cccn2)cc1. The molecule has 0 bridgehead atoms. The highest BCUT2D eigenvalue weighted by Crippen LogP contribution is 2.26. The van der Waals surface area contributed by atoms with E-state index < -0.39 is 17.7 Å². The molecular formula is C28H25FN8O2. The first-order chi connectivity index (χ1) is 18.7. The smallest absolute Gasteiger partial charge is 0.255 e. The number of aromatic nitrogens is 5. The van der Waals surface area contributed by atoms with Crippen molar-refractivity contribution >= 4 is 28.3 Å². The van der Waals surface area contributed by atoms with Gasteiger partial charge in [0.25, 0.3) is 5.91 Å². The second-order valence-electron chi connectivity index (χ2n) is 9.48. The Morgan fingerprint density at radius 1 is 1.15 bits per heavy atom. The molecule has 1 aromatic carbocycles. The van der Waals surface area contributed by atoms with Crippen molar-refractivity contribution in [1.82, 2.24) is 29.6 Å². The zero-order valence-electron chi connectivity index (χ0n) is 21.2. The fraction of sp³-hybridized carbons (Fsp3) is 0.179. The van der Waals surface area contributed by atoms with Crippen molar-refractivity contribution in [2.24, 2.45) is 0 Å². The number of nitrogens with one attached hydrogen (secondary N) is 2. The highest BCUT2D eigenvalue weighted by Gasteiger charge is 2.27. The monoisotopic (exact) mass is 524 g/mol. The van der Waals surface area contributed by atoms with E-state index in [0.717, 1.165) is 11.1 Å². The van der Waals surface area contributed by atoms with Gasteiger partial charge in [-0.05, 0) is 56.3 Å². The summed E-state index contributed by atoms with van der Waals surface area (Å²) in [7, 11) is 0. The molecule has 1 amide bonds. The number of carbonyl (C=O) groups excluding carboxylic acids is 1. The van der Waals surface area contributed by atoms with Gasteiger partial charge < -0.3 is 15.7 Å². The maximum Gasteiger partial charge on any atom is 0.255 e. The van der Waals surface area contributed by atoms with Crippen LogP contribution >= 0.6 is 0 Å². The molecule has 3 N–H and O–H groups in total. The molecule has 0 spiro atoms. The van der Waals surface area contributed by atoms with Gasteiger partial charge in [0.2, 0.25) is 0 Å². The minimum absolute atomic E-state index is 0.189. The van der Waals surface area contributed by atoms with E-state index in [4.69, 9.17) is 0 Å². The van der Waals surface area contributed by atoms with Gasteiger partial charge in [-0.15, -0.1) is 0 Å². The standard InChI is InChI=1S/C28H25FN8O2/c1-28(2,39)24(29)17-33-27(38)22-16-31-25(36-11-8-19-12-18(14-30)15-32-26(19)36)13-23(22)35-20-4-6-21(7-5-20)37-10-3-9-34-37/h3-13,15-16,24,39H,17H2,1-2H3,(H,31,35)(H,33,38)/t24-/m1/s1. The van der Waals surface area contributed by atoms with Crippen LogP contribution in [0.25, 0.3) is 22.5 Å². The Kier molecular flexibility index (Phi) is 6.79. The van der Waals surface area contributed by atoms with Crippen molar-refractivity contribution in [3.8, 4) is 17.6 Å². The van der Waals surface area contributed by atoms with Crippen molar-refractivity contribution in [3.05, 3.63) is 90.6 Å². The van der Waals surface area contributed by atoms with Gasteiger partial charge in [-0.2, -0.15) is 10.4 Å². The van der Waals surface area contributed by atoms with Crippen molar-refractivity contribution in [2.75, 3.05) is 11.9 Å². The molecular weight excluding hydrogens is 499 g/mol. The lowest BCUT2D eigenvalue weighted by Gasteiger charge is -2.22. The third-order valence-corrected chi connectivity index (χ3v) is 6.16. The number of alkyl halides is 1. The Labute approximate surface area is 223 Å². The van der Waals surface area contributed by atoms with E-state index in [1.807, 2.05) is 42.6 Å². The molecule has 1 atom stereocenters. The van der Waals surface area contributed by atoms with E-state index in [2.05, 4.69) is 31.8 Å². The third-order valence-electron chi connectivity index (χ3n) is 6.16. The number of anilines is 2. The molecule has 11 heteroatoms. The quantitative estimate of drug-likeness (QED) is 0.279. The normalized spacial score (nSPS) is 12.2. The number of amides is 1. The van der Waals surface area contributed by atoms with E-state index >= 15 is 0 Å². The van der Waals surface area contributed by atoms with E-state index in [9.17, 15) is 19.6 Å². The predicted molar refractivity (Wildman–Crippen MR) is 144 cm³/mol. The number of hydrogen-bond donors (Lipinski definition) is 3. The van der Waals surface area contributed by atoms with Gasteiger partial charge >= 0.3 is 0 Å². The zero-order valence-corrected chi connectivity index (χ0v) is 21.2. The van der Waals surface area contributed by atoms with Gasteiger partial charge in [-0.1, -0.05) is 0 Å². The van der Waals surface area contributed by atoms with Crippen LogP contribution in [-0.4, -0.2) is 53.6 Å². The fourth-order valence-electron chi connectivity index (χ4n) is 3.93. The van der Waals surface area contributed by atoms with Crippen LogP contribution in [0, 0.1) is 11.3 Å². The number of fused-ring (bicyclic) bond motifs is 1. The molecule has 0 saturated carbocycles. The first-order valence-corrected chi connectivity index (χ1v) is 12.1. The first-order valence-electron chi connectivity index (χ1n) is 12.1. The number of hydrogen-bond acceptors (Lipinski definition) is 7. The number of rotatable bonds is 8. The van der Waals surface area contributed by atoms with Gasteiger partial charge in [0, 0.05) is 48.1 Å². The Bertz CT molecular complexity index is 1670. The summed E-state index contributed by atoms with van der Waals surface area (Å²) in [6, 6.07) is 16.6. The van der Waals surface area contributed by atoms with Gasteiger partial charge in [0.05, 0.1) is 34.6 Å². The van der Waals surface area contributed by atoms with E-state index in [-0.39, 0.29) is 12.1 Å². The maximum atomic E-state index is 14.3. The van der Waals surface area contributed by atoms with Crippen LogP contribution in [0.4, 0.5) is 15.8 Å². The minimum Gasteiger partial charge on any atom is -0.387 e. The molecule has 0 fully saturated rings.